The van der Waals surface area contributed by atoms with E-state index in [4.69, 9.17) is 4.74 Å². The van der Waals surface area contributed by atoms with E-state index in [1.807, 2.05) is 48.5 Å². The molecular formula is C18H15N3OS. The van der Waals surface area contributed by atoms with E-state index in [0.29, 0.717) is 0 Å². The van der Waals surface area contributed by atoms with Crippen molar-refractivity contribution in [2.75, 3.05) is 12.3 Å². The van der Waals surface area contributed by atoms with Crippen LogP contribution in [0.1, 0.15) is 5.69 Å². The van der Waals surface area contributed by atoms with E-state index in [2.05, 4.69) is 26.6 Å². The Morgan fingerprint density at radius 2 is 1.96 bits per heavy atom. The Balaban J connectivity index is 1.57. The fraction of sp³-hybridized carbons (Fsp3) is 0.111. The van der Waals surface area contributed by atoms with Crippen molar-refractivity contribution in [3.63, 3.8) is 0 Å². The van der Waals surface area contributed by atoms with Gasteiger partial charge in [0.1, 0.15) is 17.3 Å². The van der Waals surface area contributed by atoms with E-state index in [0.717, 1.165) is 40.9 Å². The van der Waals surface area contributed by atoms with Gasteiger partial charge >= 0.3 is 0 Å². The van der Waals surface area contributed by atoms with E-state index in [1.54, 1.807) is 18.1 Å². The van der Waals surface area contributed by atoms with Crippen LogP contribution in [-0.4, -0.2) is 28.0 Å². The van der Waals surface area contributed by atoms with Crippen molar-refractivity contribution in [1.82, 2.24) is 9.88 Å². The van der Waals surface area contributed by atoms with Gasteiger partial charge in [0.2, 0.25) is 0 Å². The Labute approximate surface area is 139 Å². The van der Waals surface area contributed by atoms with Crippen LogP contribution in [-0.2, 0) is 0 Å². The predicted molar refractivity (Wildman–Crippen MR) is 94.5 cm³/mol. The van der Waals surface area contributed by atoms with Gasteiger partial charge in [-0.3, -0.25) is 4.98 Å². The van der Waals surface area contributed by atoms with Gasteiger partial charge in [-0.05, 0) is 48.4 Å². The first-order valence-corrected chi connectivity index (χ1v) is 8.39. The van der Waals surface area contributed by atoms with Crippen LogP contribution < -0.4 is 4.74 Å². The molecule has 0 N–H and O–H groups in total. The summed E-state index contributed by atoms with van der Waals surface area (Å²) < 4.78 is 10.4. The second-order valence-corrected chi connectivity index (χ2v) is 6.01. The smallest absolute Gasteiger partial charge is 0.150 e. The summed E-state index contributed by atoms with van der Waals surface area (Å²) in [6.45, 7) is 0.979. The van der Waals surface area contributed by atoms with Crippen molar-refractivity contribution in [3.8, 4) is 11.5 Å². The average Bonchev–Trinajstić information content (AvgIpc) is 2.63. The Hall–Kier alpha value is -2.53. The molecule has 0 saturated carbocycles. The normalized spacial score (nSPS) is 16.4. The predicted octanol–water partition coefficient (Wildman–Crippen LogP) is 4.15. The zero-order valence-electron chi connectivity index (χ0n) is 12.4. The first kappa shape index (κ1) is 14.1. The van der Waals surface area contributed by atoms with Crippen molar-refractivity contribution < 1.29 is 4.74 Å². The molecule has 0 unspecified atom stereocenters. The third-order valence-electron chi connectivity index (χ3n) is 3.61. The van der Waals surface area contributed by atoms with E-state index < -0.39 is 0 Å². The summed E-state index contributed by atoms with van der Waals surface area (Å²) in [6.07, 6.45) is 7.92. The Morgan fingerprint density at radius 1 is 1.04 bits per heavy atom. The minimum atomic E-state index is 0.726. The topological polar surface area (TPSA) is 37.7 Å². The van der Waals surface area contributed by atoms with Crippen molar-refractivity contribution in [3.05, 3.63) is 72.7 Å². The Morgan fingerprint density at radius 3 is 2.78 bits per heavy atom. The Bertz CT molecular complexity index is 782. The molecular weight excluding hydrogens is 306 g/mol. The lowest BCUT2D eigenvalue weighted by atomic mass is 10.1. The second kappa shape index (κ2) is 6.30. The third-order valence-corrected chi connectivity index (χ3v) is 4.27. The molecule has 0 bridgehead atoms. The zero-order chi connectivity index (χ0) is 15.5. The molecule has 1 aromatic carbocycles. The maximum absolute atomic E-state index is 5.79. The number of benzene rings is 1. The minimum absolute atomic E-state index is 0.726. The van der Waals surface area contributed by atoms with E-state index in [9.17, 15) is 0 Å². The molecule has 5 heteroatoms. The maximum atomic E-state index is 5.79. The highest BCUT2D eigenvalue weighted by Gasteiger charge is 2.22. The fourth-order valence-electron chi connectivity index (χ4n) is 2.50. The molecule has 4 nitrogen and oxygen atoms in total. The van der Waals surface area contributed by atoms with Crippen LogP contribution in [0.25, 0.3) is 5.57 Å². The molecule has 0 fully saturated rings. The van der Waals surface area contributed by atoms with E-state index >= 15 is 0 Å². The third kappa shape index (κ3) is 3.00. The van der Waals surface area contributed by atoms with Gasteiger partial charge in [-0.15, -0.1) is 0 Å². The number of fused-ring (bicyclic) bond motifs is 1. The lowest BCUT2D eigenvalue weighted by molar-refractivity contribution is 0.480. The summed E-state index contributed by atoms with van der Waals surface area (Å²) in [5.41, 5.74) is 1.95. The number of para-hydroxylation sites is 1. The van der Waals surface area contributed by atoms with Crippen LogP contribution in [0, 0.1) is 0 Å². The number of pyridine rings is 1. The molecule has 0 amide bonds. The summed E-state index contributed by atoms with van der Waals surface area (Å²) in [4.78, 5) is 6.71. The molecule has 3 heterocycles. The van der Waals surface area contributed by atoms with Gasteiger partial charge in [0.05, 0.1) is 11.9 Å². The number of ether oxygens (including phenoxy) is 1. The summed E-state index contributed by atoms with van der Waals surface area (Å²) >= 11 is 1.60. The first-order chi connectivity index (χ1) is 11.4. The van der Waals surface area contributed by atoms with Crippen molar-refractivity contribution in [2.24, 2.45) is 4.40 Å². The highest BCUT2D eigenvalue weighted by molar-refractivity contribution is 7.98. The van der Waals surface area contributed by atoms with Crippen LogP contribution >= 0.6 is 11.9 Å². The number of hydrogen-bond donors (Lipinski definition) is 0. The highest BCUT2D eigenvalue weighted by Crippen LogP contribution is 2.27. The van der Waals surface area contributed by atoms with Crippen molar-refractivity contribution >= 4 is 23.4 Å². The molecule has 0 radical (unpaired) electrons. The van der Waals surface area contributed by atoms with Gasteiger partial charge < -0.3 is 9.64 Å². The minimum Gasteiger partial charge on any atom is -0.456 e. The standard InChI is InChI=1S/C18H15N3OS/c1-2-5-14(6-3-1)22-15-8-9-17(19-13-15)16-7-4-10-21-11-12-23-20-18(16)21/h1-10,13H,11-12H2. The number of hydrogen-bond acceptors (Lipinski definition) is 5. The molecule has 0 saturated heterocycles. The molecule has 2 aliphatic heterocycles. The maximum Gasteiger partial charge on any atom is 0.150 e. The largest absolute Gasteiger partial charge is 0.456 e. The summed E-state index contributed by atoms with van der Waals surface area (Å²) in [5.74, 6) is 3.52. The van der Waals surface area contributed by atoms with Crippen LogP contribution in [0.3, 0.4) is 0 Å². The van der Waals surface area contributed by atoms with Gasteiger partial charge in [-0.2, -0.15) is 4.40 Å². The SMILES string of the molecule is C1=CN2CCSN=C2C(c2ccc(Oc3ccccc3)cn2)=C1. The van der Waals surface area contributed by atoms with Crippen LogP contribution in [0.2, 0.25) is 0 Å². The van der Waals surface area contributed by atoms with Gasteiger partial charge in [0.15, 0.2) is 0 Å². The molecule has 114 valence electrons. The van der Waals surface area contributed by atoms with Gasteiger partial charge in [0, 0.05) is 24.1 Å². The zero-order valence-corrected chi connectivity index (χ0v) is 13.2. The van der Waals surface area contributed by atoms with Crippen LogP contribution in [0.15, 0.2) is 71.4 Å². The van der Waals surface area contributed by atoms with Gasteiger partial charge in [-0.1, -0.05) is 18.2 Å². The quantitative estimate of drug-likeness (QED) is 0.796. The van der Waals surface area contributed by atoms with Crippen molar-refractivity contribution in [1.29, 1.82) is 0 Å². The average molecular weight is 321 g/mol. The molecule has 1 aromatic heterocycles. The van der Waals surface area contributed by atoms with Gasteiger partial charge in [-0.25, -0.2) is 0 Å². The van der Waals surface area contributed by atoms with Crippen LogP contribution in [0.5, 0.6) is 11.5 Å². The molecule has 4 rings (SSSR count). The number of rotatable bonds is 3. The molecule has 23 heavy (non-hydrogen) atoms. The Kier molecular flexibility index (Phi) is 3.86. The monoisotopic (exact) mass is 321 g/mol. The van der Waals surface area contributed by atoms with Crippen LogP contribution in [0.4, 0.5) is 0 Å². The molecule has 0 spiro atoms. The van der Waals surface area contributed by atoms with Gasteiger partial charge in [0.25, 0.3) is 0 Å². The first-order valence-electron chi connectivity index (χ1n) is 7.45. The van der Waals surface area contributed by atoms with E-state index in [1.165, 1.54) is 0 Å². The lowest BCUT2D eigenvalue weighted by Crippen LogP contribution is -2.32. The van der Waals surface area contributed by atoms with Crippen molar-refractivity contribution in [2.45, 2.75) is 0 Å². The number of aromatic nitrogens is 1. The fourth-order valence-corrected chi connectivity index (χ4v) is 3.19. The number of nitrogens with zero attached hydrogens (tertiary/aromatic N) is 3. The summed E-state index contributed by atoms with van der Waals surface area (Å²) in [7, 11) is 0. The second-order valence-electron chi connectivity index (χ2n) is 5.16. The summed E-state index contributed by atoms with van der Waals surface area (Å²) in [5, 5.41) is 0. The number of allylic oxidation sites excluding steroid dienone is 2. The number of amidine groups is 1. The molecule has 0 aliphatic carbocycles. The summed E-state index contributed by atoms with van der Waals surface area (Å²) in [6, 6.07) is 13.6. The molecule has 2 aromatic rings. The highest BCUT2D eigenvalue weighted by atomic mass is 32.2. The molecule has 0 atom stereocenters. The molecule has 2 aliphatic rings. The lowest BCUT2D eigenvalue weighted by Gasteiger charge is -2.28. The van der Waals surface area contributed by atoms with E-state index in [-0.39, 0.29) is 0 Å².